The predicted octanol–water partition coefficient (Wildman–Crippen LogP) is 0.238. The molecule has 1 saturated heterocycles. The Morgan fingerprint density at radius 3 is 2.92 bits per heavy atom. The number of aromatic amines is 1. The fourth-order valence-corrected chi connectivity index (χ4v) is 2.74. The van der Waals surface area contributed by atoms with Crippen LogP contribution in [0.1, 0.15) is 20.8 Å². The van der Waals surface area contributed by atoms with Gasteiger partial charge in [0.05, 0.1) is 24.5 Å². The molecule has 0 bridgehead atoms. The smallest absolute Gasteiger partial charge is 0.267 e. The molecule has 0 unspecified atom stereocenters. The second kappa shape index (κ2) is 7.91. The number of morpholine rings is 1. The van der Waals surface area contributed by atoms with Crippen LogP contribution < -0.4 is 11.1 Å². The number of hydrogen-bond donors (Lipinski definition) is 3. The fraction of sp³-hybridized carbons (Fsp3) is 0.353. The van der Waals surface area contributed by atoms with Crippen molar-refractivity contribution in [2.24, 2.45) is 5.73 Å². The second-order valence-electron chi connectivity index (χ2n) is 5.78. The molecule has 1 fully saturated rings. The Hall–Kier alpha value is -2.71. The number of amides is 2. The summed E-state index contributed by atoms with van der Waals surface area (Å²) >= 11 is 0. The topological polar surface area (TPSA) is 113 Å². The molecule has 0 atom stereocenters. The molecule has 4 N–H and O–H groups in total. The Bertz CT molecular complexity index is 752. The summed E-state index contributed by atoms with van der Waals surface area (Å²) < 4.78 is 5.29. The molecule has 3 rings (SSSR count). The SMILES string of the molecule is NC(=O)c1cccnc1-c1c[nH]c(C(=O)NCCN2CCOCC2)c1. The standard InChI is InChI=1S/C17H21N5O3/c18-16(23)13-2-1-3-19-15(13)12-10-14(21-11-12)17(24)20-4-5-22-6-8-25-9-7-22/h1-3,10-11,21H,4-9H2,(H2,18,23)(H,20,24). The molecule has 0 spiro atoms. The molecule has 0 radical (unpaired) electrons. The highest BCUT2D eigenvalue weighted by molar-refractivity contribution is 6.00. The van der Waals surface area contributed by atoms with Crippen molar-refractivity contribution in [1.29, 1.82) is 0 Å². The number of primary amides is 1. The summed E-state index contributed by atoms with van der Waals surface area (Å²) in [6, 6.07) is 4.92. The Morgan fingerprint density at radius 2 is 2.16 bits per heavy atom. The van der Waals surface area contributed by atoms with Crippen molar-refractivity contribution in [3.8, 4) is 11.3 Å². The maximum absolute atomic E-state index is 12.3. The number of nitrogens with two attached hydrogens (primary N) is 1. The van der Waals surface area contributed by atoms with Crippen LogP contribution in [0.15, 0.2) is 30.6 Å². The van der Waals surface area contributed by atoms with Crippen molar-refractivity contribution >= 4 is 11.8 Å². The van der Waals surface area contributed by atoms with Gasteiger partial charge < -0.3 is 20.8 Å². The van der Waals surface area contributed by atoms with Crippen molar-refractivity contribution < 1.29 is 14.3 Å². The third-order valence-corrected chi connectivity index (χ3v) is 4.09. The number of ether oxygens (including phenoxy) is 1. The lowest BCUT2D eigenvalue weighted by molar-refractivity contribution is 0.0383. The molecule has 3 heterocycles. The van der Waals surface area contributed by atoms with E-state index >= 15 is 0 Å². The average Bonchev–Trinajstić information content (AvgIpc) is 3.12. The van der Waals surface area contributed by atoms with Crippen LogP contribution in [0, 0.1) is 0 Å². The molecular formula is C17H21N5O3. The number of carbonyl (C=O) groups is 2. The Kier molecular flexibility index (Phi) is 5.42. The molecule has 0 saturated carbocycles. The molecule has 25 heavy (non-hydrogen) atoms. The molecule has 0 aromatic carbocycles. The van der Waals surface area contributed by atoms with E-state index in [0.29, 0.717) is 29.1 Å². The number of pyridine rings is 1. The van der Waals surface area contributed by atoms with Gasteiger partial charge in [0.2, 0.25) is 0 Å². The van der Waals surface area contributed by atoms with Crippen LogP contribution in [0.2, 0.25) is 0 Å². The number of H-pyrrole nitrogens is 1. The van der Waals surface area contributed by atoms with E-state index in [4.69, 9.17) is 10.5 Å². The minimum Gasteiger partial charge on any atom is -0.379 e. The highest BCUT2D eigenvalue weighted by atomic mass is 16.5. The fourth-order valence-electron chi connectivity index (χ4n) is 2.74. The lowest BCUT2D eigenvalue weighted by atomic mass is 10.1. The van der Waals surface area contributed by atoms with E-state index < -0.39 is 5.91 Å². The van der Waals surface area contributed by atoms with Crippen molar-refractivity contribution in [2.75, 3.05) is 39.4 Å². The highest BCUT2D eigenvalue weighted by Crippen LogP contribution is 2.21. The summed E-state index contributed by atoms with van der Waals surface area (Å²) in [6.07, 6.45) is 3.22. The first-order chi connectivity index (χ1) is 12.1. The number of aromatic nitrogens is 2. The number of nitrogens with zero attached hydrogens (tertiary/aromatic N) is 2. The van der Waals surface area contributed by atoms with Crippen LogP contribution in [0.25, 0.3) is 11.3 Å². The Labute approximate surface area is 145 Å². The van der Waals surface area contributed by atoms with Crippen LogP contribution in [0.3, 0.4) is 0 Å². The van der Waals surface area contributed by atoms with Crippen molar-refractivity contribution in [2.45, 2.75) is 0 Å². The summed E-state index contributed by atoms with van der Waals surface area (Å²) in [4.78, 5) is 33.1. The lowest BCUT2D eigenvalue weighted by Gasteiger charge is -2.26. The van der Waals surface area contributed by atoms with Crippen LogP contribution in [0.5, 0.6) is 0 Å². The highest BCUT2D eigenvalue weighted by Gasteiger charge is 2.15. The monoisotopic (exact) mass is 343 g/mol. The van der Waals surface area contributed by atoms with Crippen LogP contribution in [0.4, 0.5) is 0 Å². The van der Waals surface area contributed by atoms with E-state index in [2.05, 4.69) is 20.2 Å². The molecule has 2 amide bonds. The summed E-state index contributed by atoms with van der Waals surface area (Å²) in [5.74, 6) is -0.753. The Balaban J connectivity index is 1.61. The first kappa shape index (κ1) is 17.1. The third-order valence-electron chi connectivity index (χ3n) is 4.09. The minimum absolute atomic E-state index is 0.198. The van der Waals surface area contributed by atoms with Gasteiger partial charge in [-0.3, -0.25) is 19.5 Å². The molecule has 0 aliphatic carbocycles. The largest absolute Gasteiger partial charge is 0.379 e. The van der Waals surface area contributed by atoms with Gasteiger partial charge in [0.25, 0.3) is 11.8 Å². The average molecular weight is 343 g/mol. The minimum atomic E-state index is -0.555. The first-order valence-corrected chi connectivity index (χ1v) is 8.17. The third kappa shape index (κ3) is 4.23. The quantitative estimate of drug-likeness (QED) is 0.695. The zero-order valence-corrected chi connectivity index (χ0v) is 13.8. The molecule has 1 aliphatic rings. The summed E-state index contributed by atoms with van der Waals surface area (Å²) in [7, 11) is 0. The van der Waals surface area contributed by atoms with Crippen LogP contribution >= 0.6 is 0 Å². The van der Waals surface area contributed by atoms with Crippen LogP contribution in [-0.2, 0) is 4.74 Å². The van der Waals surface area contributed by atoms with E-state index in [1.54, 1.807) is 30.6 Å². The zero-order valence-electron chi connectivity index (χ0n) is 13.8. The van der Waals surface area contributed by atoms with Crippen molar-refractivity contribution in [3.05, 3.63) is 41.9 Å². The van der Waals surface area contributed by atoms with Crippen molar-refractivity contribution in [1.82, 2.24) is 20.2 Å². The summed E-state index contributed by atoms with van der Waals surface area (Å²) in [6.45, 7) is 4.59. The predicted molar refractivity (Wildman–Crippen MR) is 92.1 cm³/mol. The molecule has 8 heteroatoms. The van der Waals surface area contributed by atoms with Gasteiger partial charge in [-0.25, -0.2) is 0 Å². The maximum atomic E-state index is 12.3. The summed E-state index contributed by atoms with van der Waals surface area (Å²) in [5.41, 5.74) is 7.21. The second-order valence-corrected chi connectivity index (χ2v) is 5.78. The van der Waals surface area contributed by atoms with E-state index in [1.807, 2.05) is 0 Å². The van der Waals surface area contributed by atoms with Crippen LogP contribution in [-0.4, -0.2) is 66.1 Å². The molecule has 8 nitrogen and oxygen atoms in total. The van der Waals surface area contributed by atoms with Gasteiger partial charge in [-0.15, -0.1) is 0 Å². The van der Waals surface area contributed by atoms with Gasteiger partial charge in [0, 0.05) is 44.1 Å². The Morgan fingerprint density at radius 1 is 1.36 bits per heavy atom. The zero-order chi connectivity index (χ0) is 17.6. The van der Waals surface area contributed by atoms with Gasteiger partial charge in [0.1, 0.15) is 5.69 Å². The molecule has 132 valence electrons. The van der Waals surface area contributed by atoms with Gasteiger partial charge in [-0.1, -0.05) is 0 Å². The molecule has 2 aromatic heterocycles. The number of nitrogens with one attached hydrogen (secondary N) is 2. The number of hydrogen-bond acceptors (Lipinski definition) is 5. The molecule has 1 aliphatic heterocycles. The normalized spacial score (nSPS) is 15.0. The van der Waals surface area contributed by atoms with Gasteiger partial charge in [-0.2, -0.15) is 0 Å². The van der Waals surface area contributed by atoms with E-state index in [0.717, 1.165) is 32.8 Å². The number of carbonyl (C=O) groups excluding carboxylic acids is 2. The van der Waals surface area contributed by atoms with E-state index in [9.17, 15) is 9.59 Å². The van der Waals surface area contributed by atoms with Crippen molar-refractivity contribution in [3.63, 3.8) is 0 Å². The lowest BCUT2D eigenvalue weighted by Crippen LogP contribution is -2.41. The van der Waals surface area contributed by atoms with E-state index in [1.165, 1.54) is 0 Å². The maximum Gasteiger partial charge on any atom is 0.267 e. The number of rotatable bonds is 6. The van der Waals surface area contributed by atoms with Gasteiger partial charge >= 0.3 is 0 Å². The summed E-state index contributed by atoms with van der Waals surface area (Å²) in [5, 5.41) is 2.88. The molecule has 2 aromatic rings. The molecular weight excluding hydrogens is 322 g/mol. The van der Waals surface area contributed by atoms with Gasteiger partial charge in [0.15, 0.2) is 0 Å². The first-order valence-electron chi connectivity index (χ1n) is 8.17. The van der Waals surface area contributed by atoms with Gasteiger partial charge in [-0.05, 0) is 18.2 Å². The van der Waals surface area contributed by atoms with E-state index in [-0.39, 0.29) is 5.91 Å².